The van der Waals surface area contributed by atoms with Crippen molar-refractivity contribution in [3.63, 3.8) is 0 Å². The fourth-order valence-corrected chi connectivity index (χ4v) is 5.49. The van der Waals surface area contributed by atoms with Crippen molar-refractivity contribution in [1.82, 2.24) is 9.97 Å². The Morgan fingerprint density at radius 3 is 2.68 bits per heavy atom. The van der Waals surface area contributed by atoms with Crippen LogP contribution in [-0.4, -0.2) is 21.5 Å². The average molecular weight is 478 g/mol. The molecular formula is C23H25Cl2N3O2S. The topological polar surface area (TPSA) is 74.8 Å². The highest BCUT2D eigenvalue weighted by Crippen LogP contribution is 2.49. The van der Waals surface area contributed by atoms with Gasteiger partial charge in [0.25, 0.3) is 5.56 Å². The first kappa shape index (κ1) is 22.4. The molecule has 8 heteroatoms. The van der Waals surface area contributed by atoms with E-state index in [1.165, 1.54) is 11.8 Å². The molecule has 0 bridgehead atoms. The number of H-pyrrole nitrogens is 1. The van der Waals surface area contributed by atoms with Crippen LogP contribution in [0.15, 0.2) is 39.4 Å². The summed E-state index contributed by atoms with van der Waals surface area (Å²) in [5, 5.41) is 4.63. The molecule has 0 fully saturated rings. The number of aromatic nitrogens is 2. The third-order valence-corrected chi connectivity index (χ3v) is 7.68. The van der Waals surface area contributed by atoms with E-state index in [4.69, 9.17) is 28.2 Å². The van der Waals surface area contributed by atoms with Gasteiger partial charge in [0, 0.05) is 29.4 Å². The van der Waals surface area contributed by atoms with E-state index in [2.05, 4.69) is 38.0 Å². The minimum Gasteiger partial charge on any atom is -0.343 e. The van der Waals surface area contributed by atoms with Crippen LogP contribution in [-0.2, 0) is 4.79 Å². The Hall–Kier alpha value is -1.76. The van der Waals surface area contributed by atoms with Gasteiger partial charge in [0.1, 0.15) is 5.82 Å². The first-order valence-electron chi connectivity index (χ1n) is 10.3. The van der Waals surface area contributed by atoms with Crippen LogP contribution in [0.25, 0.3) is 0 Å². The van der Waals surface area contributed by atoms with E-state index in [-0.39, 0.29) is 16.8 Å². The molecule has 4 rings (SSSR count). The molecule has 1 aromatic heterocycles. The second-order valence-corrected chi connectivity index (χ2v) is 11.2. The second-order valence-electron chi connectivity index (χ2n) is 9.37. The number of rotatable bonds is 4. The van der Waals surface area contributed by atoms with Crippen molar-refractivity contribution in [2.24, 2.45) is 11.3 Å². The number of hydrogen-bond acceptors (Lipinski definition) is 5. The average Bonchev–Trinajstić information content (AvgIpc) is 2.66. The lowest BCUT2D eigenvalue weighted by atomic mass is 9.69. The number of aromatic amines is 1. The maximum Gasteiger partial charge on any atom is 0.257 e. The van der Waals surface area contributed by atoms with Gasteiger partial charge in [-0.1, -0.05) is 74.8 Å². The van der Waals surface area contributed by atoms with E-state index in [0.717, 1.165) is 11.4 Å². The van der Waals surface area contributed by atoms with Crippen molar-refractivity contribution in [1.29, 1.82) is 0 Å². The molecule has 31 heavy (non-hydrogen) atoms. The number of ketones is 1. The summed E-state index contributed by atoms with van der Waals surface area (Å²) >= 11 is 14.4. The summed E-state index contributed by atoms with van der Waals surface area (Å²) in [5.41, 5.74) is 2.00. The van der Waals surface area contributed by atoms with Gasteiger partial charge in [-0.2, -0.15) is 0 Å². The van der Waals surface area contributed by atoms with Crippen molar-refractivity contribution in [3.05, 3.63) is 61.0 Å². The summed E-state index contributed by atoms with van der Waals surface area (Å²) in [6, 6.07) is 5.31. The molecule has 1 aromatic carbocycles. The number of fused-ring (bicyclic) bond motifs is 1. The van der Waals surface area contributed by atoms with Crippen molar-refractivity contribution in [2.75, 3.05) is 11.1 Å². The summed E-state index contributed by atoms with van der Waals surface area (Å²) in [5.74, 6) is 1.19. The highest BCUT2D eigenvalue weighted by molar-refractivity contribution is 7.99. The zero-order chi connectivity index (χ0) is 22.5. The highest BCUT2D eigenvalue weighted by atomic mass is 35.5. The van der Waals surface area contributed by atoms with Crippen molar-refractivity contribution in [3.8, 4) is 0 Å². The molecule has 2 N–H and O–H groups in total. The Morgan fingerprint density at radius 2 is 1.97 bits per heavy atom. The van der Waals surface area contributed by atoms with E-state index in [9.17, 15) is 9.59 Å². The molecule has 0 radical (unpaired) electrons. The molecule has 1 aliphatic carbocycles. The van der Waals surface area contributed by atoms with Crippen molar-refractivity contribution >= 4 is 46.6 Å². The summed E-state index contributed by atoms with van der Waals surface area (Å²) < 4.78 is 0. The van der Waals surface area contributed by atoms with Crippen LogP contribution in [0.3, 0.4) is 0 Å². The van der Waals surface area contributed by atoms with Crippen LogP contribution in [0.2, 0.25) is 10.0 Å². The van der Waals surface area contributed by atoms with Gasteiger partial charge in [0.2, 0.25) is 0 Å². The molecule has 0 saturated carbocycles. The highest BCUT2D eigenvalue weighted by Gasteiger charge is 2.43. The predicted molar refractivity (Wildman–Crippen MR) is 127 cm³/mol. The third kappa shape index (κ3) is 4.30. The standard InChI is InChI=1S/C23H25Cl2N3O2S/c1-11(2)10-31-22-27-20-18(21(30)28-22)16(12-6-5-7-13(24)19(12)25)17-14(26-20)8-23(3,4)9-15(17)29/h5-7,11,16H,8-10H2,1-4H3,(H2,26,27,28,30). The van der Waals surface area contributed by atoms with Crippen LogP contribution < -0.4 is 10.9 Å². The quantitative estimate of drug-likeness (QED) is 0.415. The van der Waals surface area contributed by atoms with Crippen LogP contribution in [0.1, 0.15) is 57.6 Å². The Labute approximate surface area is 196 Å². The number of halogens is 2. The second kappa shape index (κ2) is 8.30. The Balaban J connectivity index is 1.93. The zero-order valence-corrected chi connectivity index (χ0v) is 20.3. The van der Waals surface area contributed by atoms with Gasteiger partial charge in [-0.15, -0.1) is 0 Å². The fourth-order valence-electron chi connectivity index (χ4n) is 4.26. The Kier molecular flexibility index (Phi) is 6.01. The molecule has 1 aliphatic heterocycles. The zero-order valence-electron chi connectivity index (χ0n) is 17.9. The molecule has 2 aromatic rings. The number of hydrogen-bond donors (Lipinski definition) is 2. The van der Waals surface area contributed by atoms with Crippen molar-refractivity contribution < 1.29 is 4.79 Å². The number of benzene rings is 1. The van der Waals surface area contributed by atoms with Gasteiger partial charge >= 0.3 is 0 Å². The van der Waals surface area contributed by atoms with Gasteiger partial charge in [-0.25, -0.2) is 4.98 Å². The van der Waals surface area contributed by atoms with Gasteiger partial charge in [-0.3, -0.25) is 9.59 Å². The lowest BCUT2D eigenvalue weighted by Gasteiger charge is -2.38. The fraction of sp³-hybridized carbons (Fsp3) is 0.435. The summed E-state index contributed by atoms with van der Waals surface area (Å²) in [6.45, 7) is 8.38. The SMILES string of the molecule is CC(C)CSc1nc2c(c(=O)[nH]1)C(c1cccc(Cl)c1Cl)C1=C(CC(C)(C)CC1=O)N2. The van der Waals surface area contributed by atoms with Gasteiger partial charge in [0.15, 0.2) is 10.9 Å². The van der Waals surface area contributed by atoms with E-state index in [1.807, 2.05) is 6.07 Å². The molecule has 0 amide bonds. The van der Waals surface area contributed by atoms with Crippen LogP contribution in [0.5, 0.6) is 0 Å². The number of carbonyl (C=O) groups is 1. The number of allylic oxidation sites excluding steroid dienone is 2. The number of nitrogens with zero attached hydrogens (tertiary/aromatic N) is 1. The number of Topliss-reactive ketones (excluding diaryl/α,β-unsaturated/α-hetero) is 1. The van der Waals surface area contributed by atoms with Gasteiger partial charge < -0.3 is 10.3 Å². The minimum atomic E-state index is -0.610. The van der Waals surface area contributed by atoms with Crippen LogP contribution >= 0.6 is 35.0 Å². The largest absolute Gasteiger partial charge is 0.343 e. The van der Waals surface area contributed by atoms with Gasteiger partial charge in [-0.05, 0) is 29.4 Å². The lowest BCUT2D eigenvalue weighted by Crippen LogP contribution is -2.37. The van der Waals surface area contributed by atoms with Crippen LogP contribution in [0, 0.1) is 11.3 Å². The first-order valence-corrected chi connectivity index (χ1v) is 12.1. The van der Waals surface area contributed by atoms with E-state index < -0.39 is 5.92 Å². The number of thioether (sulfide) groups is 1. The molecule has 5 nitrogen and oxygen atoms in total. The van der Waals surface area contributed by atoms with Crippen LogP contribution in [0.4, 0.5) is 5.82 Å². The summed E-state index contributed by atoms with van der Waals surface area (Å²) in [4.78, 5) is 34.1. The van der Waals surface area contributed by atoms with E-state index in [1.54, 1.807) is 12.1 Å². The third-order valence-electron chi connectivity index (χ3n) is 5.55. The molecule has 2 heterocycles. The molecule has 0 spiro atoms. The number of carbonyl (C=O) groups excluding carboxylic acids is 1. The Bertz CT molecular complexity index is 1150. The molecular weight excluding hydrogens is 453 g/mol. The molecule has 0 saturated heterocycles. The molecule has 1 atom stereocenters. The molecule has 1 unspecified atom stereocenters. The van der Waals surface area contributed by atoms with E-state index in [0.29, 0.717) is 56.5 Å². The monoisotopic (exact) mass is 477 g/mol. The number of anilines is 1. The summed E-state index contributed by atoms with van der Waals surface area (Å²) in [6.07, 6.45) is 1.09. The molecule has 2 aliphatic rings. The van der Waals surface area contributed by atoms with E-state index >= 15 is 0 Å². The number of nitrogens with one attached hydrogen (secondary N) is 2. The lowest BCUT2D eigenvalue weighted by molar-refractivity contribution is -0.118. The Morgan fingerprint density at radius 1 is 1.23 bits per heavy atom. The minimum absolute atomic E-state index is 0.0168. The predicted octanol–water partition coefficient (Wildman–Crippen LogP) is 6.03. The molecule has 164 valence electrons. The smallest absolute Gasteiger partial charge is 0.257 e. The normalized spacial score (nSPS) is 19.8. The maximum absolute atomic E-state index is 13.3. The van der Waals surface area contributed by atoms with Gasteiger partial charge in [0.05, 0.1) is 15.6 Å². The maximum atomic E-state index is 13.3. The van der Waals surface area contributed by atoms with Crippen molar-refractivity contribution in [2.45, 2.75) is 51.6 Å². The summed E-state index contributed by atoms with van der Waals surface area (Å²) in [7, 11) is 0. The first-order chi connectivity index (χ1) is 14.6.